The summed E-state index contributed by atoms with van der Waals surface area (Å²) in [6, 6.07) is 23.4. The van der Waals surface area contributed by atoms with Gasteiger partial charge in [0, 0.05) is 17.2 Å². The van der Waals surface area contributed by atoms with E-state index in [1.54, 1.807) is 0 Å². The van der Waals surface area contributed by atoms with Gasteiger partial charge in [-0.2, -0.15) is 0 Å². The fourth-order valence-corrected chi connectivity index (χ4v) is 3.44. The molecule has 0 bridgehead atoms. The highest BCUT2D eigenvalue weighted by molar-refractivity contribution is 6.24. The maximum atomic E-state index is 13.0. The highest BCUT2D eigenvalue weighted by atomic mass is 16.5. The number of carbonyl (C=O) groups is 2. The SMILES string of the molecule is CC(C)OC1=CC(=O)c2cc(-c3ccccc3)c(-c3ccccc3)cc2C1=O. The van der Waals surface area contributed by atoms with Crippen LogP contribution >= 0.6 is 0 Å². The van der Waals surface area contributed by atoms with E-state index in [9.17, 15) is 9.59 Å². The van der Waals surface area contributed by atoms with Crippen LogP contribution in [0.4, 0.5) is 0 Å². The molecule has 0 atom stereocenters. The average Bonchev–Trinajstić information content (AvgIpc) is 2.72. The predicted molar refractivity (Wildman–Crippen MR) is 110 cm³/mol. The Hall–Kier alpha value is -3.46. The number of ether oxygens (including phenoxy) is 1. The Morgan fingerprint density at radius 2 is 1.18 bits per heavy atom. The highest BCUT2D eigenvalue weighted by Gasteiger charge is 2.29. The zero-order valence-corrected chi connectivity index (χ0v) is 15.8. The van der Waals surface area contributed by atoms with Gasteiger partial charge in [-0.3, -0.25) is 9.59 Å². The Kier molecular flexibility index (Phi) is 4.66. The van der Waals surface area contributed by atoms with Crippen LogP contribution < -0.4 is 0 Å². The molecule has 4 rings (SSSR count). The number of carbonyl (C=O) groups excluding carboxylic acids is 2. The van der Waals surface area contributed by atoms with Gasteiger partial charge >= 0.3 is 0 Å². The number of allylic oxidation sites excluding steroid dienone is 2. The van der Waals surface area contributed by atoms with Gasteiger partial charge < -0.3 is 4.74 Å². The van der Waals surface area contributed by atoms with Crippen LogP contribution in [-0.2, 0) is 4.74 Å². The molecule has 0 aliphatic heterocycles. The minimum atomic E-state index is -0.250. The highest BCUT2D eigenvalue weighted by Crippen LogP contribution is 2.37. The minimum Gasteiger partial charge on any atom is -0.487 e. The van der Waals surface area contributed by atoms with Gasteiger partial charge in [0.15, 0.2) is 11.5 Å². The van der Waals surface area contributed by atoms with Crippen molar-refractivity contribution in [3.8, 4) is 22.3 Å². The largest absolute Gasteiger partial charge is 0.487 e. The van der Waals surface area contributed by atoms with E-state index in [0.29, 0.717) is 11.1 Å². The van der Waals surface area contributed by atoms with Crippen LogP contribution in [0.25, 0.3) is 22.3 Å². The molecule has 3 nitrogen and oxygen atoms in total. The molecule has 1 aliphatic rings. The summed E-state index contributed by atoms with van der Waals surface area (Å²) in [5.41, 5.74) is 4.63. The second-order valence-electron chi connectivity index (χ2n) is 7.04. The Morgan fingerprint density at radius 1 is 0.679 bits per heavy atom. The van der Waals surface area contributed by atoms with E-state index in [-0.39, 0.29) is 23.4 Å². The van der Waals surface area contributed by atoms with E-state index in [4.69, 9.17) is 4.74 Å². The summed E-state index contributed by atoms with van der Waals surface area (Å²) in [5, 5.41) is 0. The lowest BCUT2D eigenvalue weighted by Crippen LogP contribution is -2.21. The molecule has 0 heterocycles. The molecular formula is C25H20O3. The van der Waals surface area contributed by atoms with Crippen LogP contribution in [0, 0.1) is 0 Å². The Labute approximate surface area is 164 Å². The number of ketones is 2. The standard InChI is InChI=1S/C25H20O3/c1-16(2)28-24-15-23(26)21-13-19(17-9-5-3-6-10-17)20(14-22(21)25(24)27)18-11-7-4-8-12-18/h3-16H,1-2H3. The van der Waals surface area contributed by atoms with Crippen molar-refractivity contribution < 1.29 is 14.3 Å². The summed E-state index contributed by atoms with van der Waals surface area (Å²) in [7, 11) is 0. The Balaban J connectivity index is 1.94. The number of hydrogen-bond acceptors (Lipinski definition) is 3. The molecule has 0 spiro atoms. The van der Waals surface area contributed by atoms with Crippen LogP contribution in [0.3, 0.4) is 0 Å². The lowest BCUT2D eigenvalue weighted by atomic mass is 9.85. The molecule has 0 aromatic heterocycles. The lowest BCUT2D eigenvalue weighted by molar-refractivity contribution is 0.0811. The second kappa shape index (κ2) is 7.28. The lowest BCUT2D eigenvalue weighted by Gasteiger charge is -2.21. The van der Waals surface area contributed by atoms with Crippen LogP contribution in [-0.4, -0.2) is 17.7 Å². The number of hydrogen-bond donors (Lipinski definition) is 0. The number of benzene rings is 3. The van der Waals surface area contributed by atoms with Crippen LogP contribution in [0.2, 0.25) is 0 Å². The summed E-state index contributed by atoms with van der Waals surface area (Å²) >= 11 is 0. The normalized spacial score (nSPS) is 13.3. The summed E-state index contributed by atoms with van der Waals surface area (Å²) in [5.74, 6) is -0.346. The topological polar surface area (TPSA) is 43.4 Å². The van der Waals surface area contributed by atoms with E-state index in [1.165, 1.54) is 6.08 Å². The third kappa shape index (κ3) is 3.27. The molecule has 0 unspecified atom stereocenters. The minimum absolute atomic E-state index is 0.110. The maximum Gasteiger partial charge on any atom is 0.228 e. The summed E-state index contributed by atoms with van der Waals surface area (Å²) in [6.45, 7) is 3.67. The first-order chi connectivity index (χ1) is 13.5. The molecule has 1 aliphatic carbocycles. The number of Topliss-reactive ketones (excluding diaryl/α,β-unsaturated/α-hetero) is 1. The summed E-state index contributed by atoms with van der Waals surface area (Å²) in [4.78, 5) is 25.7. The zero-order chi connectivity index (χ0) is 19.7. The van der Waals surface area contributed by atoms with Crippen LogP contribution in [0.1, 0.15) is 34.6 Å². The molecular weight excluding hydrogens is 348 g/mol. The van der Waals surface area contributed by atoms with E-state index >= 15 is 0 Å². The fraction of sp³-hybridized carbons (Fsp3) is 0.120. The van der Waals surface area contributed by atoms with E-state index in [0.717, 1.165) is 22.3 Å². The average molecular weight is 368 g/mol. The van der Waals surface area contributed by atoms with Gasteiger partial charge in [0.1, 0.15) is 0 Å². The third-order valence-electron chi connectivity index (χ3n) is 4.69. The van der Waals surface area contributed by atoms with E-state index in [1.807, 2.05) is 86.6 Å². The molecule has 3 aromatic rings. The summed E-state index contributed by atoms with van der Waals surface area (Å²) in [6.07, 6.45) is 1.13. The van der Waals surface area contributed by atoms with Crippen LogP contribution in [0.15, 0.2) is 84.6 Å². The van der Waals surface area contributed by atoms with Gasteiger partial charge in [0.25, 0.3) is 0 Å². The van der Waals surface area contributed by atoms with Gasteiger partial charge in [-0.15, -0.1) is 0 Å². The van der Waals surface area contributed by atoms with Gasteiger partial charge in [0.05, 0.1) is 6.10 Å². The number of rotatable bonds is 4. The Bertz CT molecular complexity index is 1080. The van der Waals surface area contributed by atoms with Crippen molar-refractivity contribution in [3.63, 3.8) is 0 Å². The van der Waals surface area contributed by atoms with Crippen molar-refractivity contribution in [1.82, 2.24) is 0 Å². The van der Waals surface area contributed by atoms with Crippen molar-refractivity contribution >= 4 is 11.6 Å². The smallest absolute Gasteiger partial charge is 0.228 e. The molecule has 28 heavy (non-hydrogen) atoms. The molecule has 0 radical (unpaired) electrons. The van der Waals surface area contributed by atoms with Gasteiger partial charge in [-0.25, -0.2) is 0 Å². The van der Waals surface area contributed by atoms with Crippen molar-refractivity contribution in [3.05, 3.63) is 95.8 Å². The van der Waals surface area contributed by atoms with Crippen molar-refractivity contribution in [1.29, 1.82) is 0 Å². The first kappa shape index (κ1) is 17.9. The zero-order valence-electron chi connectivity index (χ0n) is 15.8. The molecule has 0 N–H and O–H groups in total. The Morgan fingerprint density at radius 3 is 1.68 bits per heavy atom. The van der Waals surface area contributed by atoms with Gasteiger partial charge in [-0.1, -0.05) is 60.7 Å². The maximum absolute atomic E-state index is 13.0. The number of fused-ring (bicyclic) bond motifs is 1. The fourth-order valence-electron chi connectivity index (χ4n) is 3.44. The first-order valence-electron chi connectivity index (χ1n) is 9.31. The second-order valence-corrected chi connectivity index (χ2v) is 7.04. The monoisotopic (exact) mass is 368 g/mol. The molecule has 3 heteroatoms. The molecule has 3 aromatic carbocycles. The predicted octanol–water partition coefficient (Wildman–Crippen LogP) is 5.71. The molecule has 0 saturated carbocycles. The van der Waals surface area contributed by atoms with Crippen molar-refractivity contribution in [2.24, 2.45) is 0 Å². The van der Waals surface area contributed by atoms with Gasteiger partial charge in [-0.05, 0) is 48.2 Å². The molecule has 0 fully saturated rings. The van der Waals surface area contributed by atoms with E-state index in [2.05, 4.69) is 0 Å². The summed E-state index contributed by atoms with van der Waals surface area (Å²) < 4.78 is 5.58. The first-order valence-corrected chi connectivity index (χ1v) is 9.31. The molecule has 138 valence electrons. The van der Waals surface area contributed by atoms with Crippen molar-refractivity contribution in [2.75, 3.05) is 0 Å². The van der Waals surface area contributed by atoms with Crippen LogP contribution in [0.5, 0.6) is 0 Å². The quantitative estimate of drug-likeness (QED) is 0.592. The van der Waals surface area contributed by atoms with Gasteiger partial charge in [0.2, 0.25) is 5.78 Å². The molecule has 0 amide bonds. The van der Waals surface area contributed by atoms with E-state index < -0.39 is 0 Å². The van der Waals surface area contributed by atoms with Crippen molar-refractivity contribution in [2.45, 2.75) is 20.0 Å². The third-order valence-corrected chi connectivity index (χ3v) is 4.69. The molecule has 0 saturated heterocycles.